The number of rotatable bonds is 10. The van der Waals surface area contributed by atoms with Crippen LogP contribution in [0.25, 0.3) is 21.7 Å². The number of pyridine rings is 1. The molecule has 4 aromatic rings. The van der Waals surface area contributed by atoms with Gasteiger partial charge in [-0.25, -0.2) is 19.2 Å². The van der Waals surface area contributed by atoms with E-state index < -0.39 is 11.6 Å². The van der Waals surface area contributed by atoms with E-state index in [-0.39, 0.29) is 18.0 Å². The third-order valence-electron chi connectivity index (χ3n) is 5.15. The van der Waals surface area contributed by atoms with Crippen LogP contribution in [-0.2, 0) is 6.42 Å². The van der Waals surface area contributed by atoms with E-state index in [1.54, 1.807) is 24.4 Å². The molecule has 3 heterocycles. The zero-order valence-electron chi connectivity index (χ0n) is 20.5. The molecule has 0 saturated carbocycles. The third-order valence-corrected chi connectivity index (χ3v) is 7.06. The molecule has 0 unspecified atom stereocenters. The van der Waals surface area contributed by atoms with Crippen LogP contribution in [0.2, 0.25) is 0 Å². The maximum atomic E-state index is 13.8. The Kier molecular flexibility index (Phi) is 7.70. The lowest BCUT2D eigenvalue weighted by Crippen LogP contribution is -2.22. The standard InChI is InChI=1S/C27H28FN3O3S2/c1-16(2)12-22-23(17-7-9-19(10-8-17)34-15-27(3,4)28)30-26(36-22)31-24-20(25(32)33)13-18(14-29-24)21-6-5-11-35-21/h5-11,13-14,16H,12,15H2,1-4H3,(H,32,33)(H,29,30,31). The maximum Gasteiger partial charge on any atom is 0.339 e. The molecule has 36 heavy (non-hydrogen) atoms. The molecular weight excluding hydrogens is 497 g/mol. The number of halogens is 1. The molecule has 0 aliphatic rings. The van der Waals surface area contributed by atoms with Gasteiger partial charge in [0.25, 0.3) is 0 Å². The first-order valence-corrected chi connectivity index (χ1v) is 13.2. The van der Waals surface area contributed by atoms with Gasteiger partial charge in [0, 0.05) is 27.1 Å². The first kappa shape index (κ1) is 25.8. The minimum atomic E-state index is -1.41. The molecule has 0 radical (unpaired) electrons. The summed E-state index contributed by atoms with van der Waals surface area (Å²) in [7, 11) is 0. The first-order chi connectivity index (χ1) is 17.1. The molecule has 0 atom stereocenters. The number of ether oxygens (including phenoxy) is 1. The van der Waals surface area contributed by atoms with E-state index >= 15 is 0 Å². The molecule has 6 nitrogen and oxygen atoms in total. The van der Waals surface area contributed by atoms with Crippen molar-refractivity contribution in [2.24, 2.45) is 5.92 Å². The number of carboxylic acids is 1. The lowest BCUT2D eigenvalue weighted by Gasteiger charge is -2.15. The second kappa shape index (κ2) is 10.8. The van der Waals surface area contributed by atoms with Crippen molar-refractivity contribution in [1.29, 1.82) is 0 Å². The molecule has 3 aromatic heterocycles. The van der Waals surface area contributed by atoms with Crippen molar-refractivity contribution in [2.45, 2.75) is 39.8 Å². The smallest absolute Gasteiger partial charge is 0.339 e. The molecule has 9 heteroatoms. The molecule has 0 amide bonds. The van der Waals surface area contributed by atoms with Crippen molar-refractivity contribution in [3.05, 3.63) is 64.5 Å². The molecule has 188 valence electrons. The summed E-state index contributed by atoms with van der Waals surface area (Å²) >= 11 is 3.01. The monoisotopic (exact) mass is 525 g/mol. The number of thiophene rings is 1. The number of hydrogen-bond donors (Lipinski definition) is 2. The number of benzene rings is 1. The lowest BCUT2D eigenvalue weighted by molar-refractivity contribution is 0.0697. The van der Waals surface area contributed by atoms with Crippen molar-refractivity contribution in [1.82, 2.24) is 9.97 Å². The van der Waals surface area contributed by atoms with Crippen LogP contribution in [0.15, 0.2) is 54.0 Å². The summed E-state index contributed by atoms with van der Waals surface area (Å²) in [5, 5.41) is 15.5. The highest BCUT2D eigenvalue weighted by Crippen LogP contribution is 2.36. The van der Waals surface area contributed by atoms with Crippen LogP contribution in [-0.4, -0.2) is 33.3 Å². The molecule has 0 aliphatic heterocycles. The number of alkyl halides is 1. The summed E-state index contributed by atoms with van der Waals surface area (Å²) in [5.74, 6) is 0.181. The Morgan fingerprint density at radius 2 is 1.94 bits per heavy atom. The Morgan fingerprint density at radius 1 is 1.19 bits per heavy atom. The van der Waals surface area contributed by atoms with Gasteiger partial charge in [0.1, 0.15) is 29.4 Å². The zero-order chi connectivity index (χ0) is 25.9. The fourth-order valence-corrected chi connectivity index (χ4v) is 5.41. The van der Waals surface area contributed by atoms with Gasteiger partial charge < -0.3 is 15.2 Å². The largest absolute Gasteiger partial charge is 0.490 e. The van der Waals surface area contributed by atoms with Gasteiger partial charge in [-0.15, -0.1) is 22.7 Å². The van der Waals surface area contributed by atoms with Crippen LogP contribution in [0.5, 0.6) is 5.75 Å². The maximum absolute atomic E-state index is 13.8. The highest BCUT2D eigenvalue weighted by Gasteiger charge is 2.20. The highest BCUT2D eigenvalue weighted by atomic mass is 32.1. The molecule has 0 spiro atoms. The second-order valence-electron chi connectivity index (χ2n) is 9.45. The van der Waals surface area contributed by atoms with Gasteiger partial charge in [0.15, 0.2) is 5.13 Å². The number of carbonyl (C=O) groups is 1. The first-order valence-electron chi connectivity index (χ1n) is 11.5. The Labute approximate surface area is 217 Å². The van der Waals surface area contributed by atoms with Gasteiger partial charge >= 0.3 is 5.97 Å². The predicted octanol–water partition coefficient (Wildman–Crippen LogP) is 7.70. The zero-order valence-corrected chi connectivity index (χ0v) is 22.2. The highest BCUT2D eigenvalue weighted by molar-refractivity contribution is 7.16. The summed E-state index contributed by atoms with van der Waals surface area (Å²) in [6.07, 6.45) is 2.49. The van der Waals surface area contributed by atoms with E-state index in [1.165, 1.54) is 36.5 Å². The van der Waals surface area contributed by atoms with Gasteiger partial charge in [-0.05, 0) is 68.0 Å². The number of thiazole rings is 1. The summed E-state index contributed by atoms with van der Waals surface area (Å²) in [6.45, 7) is 7.20. The Balaban J connectivity index is 1.62. The molecule has 0 saturated heterocycles. The van der Waals surface area contributed by atoms with Gasteiger partial charge in [-0.2, -0.15) is 0 Å². The van der Waals surface area contributed by atoms with Crippen molar-refractivity contribution in [3.63, 3.8) is 0 Å². The minimum absolute atomic E-state index is 0.0279. The SMILES string of the molecule is CC(C)Cc1sc(Nc2ncc(-c3cccs3)cc2C(=O)O)nc1-c1ccc(OCC(C)(C)F)cc1. The van der Waals surface area contributed by atoms with Crippen molar-refractivity contribution in [2.75, 3.05) is 11.9 Å². The van der Waals surface area contributed by atoms with E-state index in [4.69, 9.17) is 9.72 Å². The average Bonchev–Trinajstić information content (AvgIpc) is 3.48. The van der Waals surface area contributed by atoms with Crippen LogP contribution in [0.3, 0.4) is 0 Å². The third kappa shape index (κ3) is 6.47. The number of nitrogens with zero attached hydrogens (tertiary/aromatic N) is 2. The van der Waals surface area contributed by atoms with Gasteiger partial charge in [0.2, 0.25) is 0 Å². The van der Waals surface area contributed by atoms with E-state index in [1.807, 2.05) is 29.6 Å². The predicted molar refractivity (Wildman–Crippen MR) is 145 cm³/mol. The van der Waals surface area contributed by atoms with Crippen LogP contribution in [0, 0.1) is 5.92 Å². The molecule has 0 aliphatic carbocycles. The number of hydrogen-bond acceptors (Lipinski definition) is 7. The van der Waals surface area contributed by atoms with Crippen LogP contribution in [0.1, 0.15) is 42.9 Å². The van der Waals surface area contributed by atoms with Crippen LogP contribution in [0.4, 0.5) is 15.3 Å². The summed E-state index contributed by atoms with van der Waals surface area (Å²) in [5.41, 5.74) is 1.15. The molecular formula is C27H28FN3O3S2. The quantitative estimate of drug-likeness (QED) is 0.221. The van der Waals surface area contributed by atoms with Gasteiger partial charge in [-0.1, -0.05) is 19.9 Å². The number of aromatic nitrogens is 2. The van der Waals surface area contributed by atoms with E-state index in [9.17, 15) is 14.3 Å². The number of carboxylic acid groups (broad SMARTS) is 1. The van der Waals surface area contributed by atoms with E-state index in [0.29, 0.717) is 16.8 Å². The normalized spacial score (nSPS) is 11.6. The summed E-state index contributed by atoms with van der Waals surface area (Å²) in [6, 6.07) is 12.9. The summed E-state index contributed by atoms with van der Waals surface area (Å²) < 4.78 is 19.3. The molecule has 1 aromatic carbocycles. The Hall–Kier alpha value is -3.30. The number of aromatic carboxylic acids is 1. The second-order valence-corrected chi connectivity index (χ2v) is 11.5. The topological polar surface area (TPSA) is 84.3 Å². The average molecular weight is 526 g/mol. The van der Waals surface area contributed by atoms with Crippen molar-refractivity contribution < 1.29 is 19.0 Å². The van der Waals surface area contributed by atoms with Gasteiger partial charge in [-0.3, -0.25) is 0 Å². The van der Waals surface area contributed by atoms with Crippen LogP contribution >= 0.6 is 22.7 Å². The fourth-order valence-electron chi connectivity index (χ4n) is 3.51. The number of nitrogens with one attached hydrogen (secondary N) is 1. The van der Waals surface area contributed by atoms with Crippen LogP contribution < -0.4 is 10.1 Å². The minimum Gasteiger partial charge on any atom is -0.490 e. The molecule has 4 rings (SSSR count). The summed E-state index contributed by atoms with van der Waals surface area (Å²) in [4.78, 5) is 23.2. The Bertz CT molecular complexity index is 1330. The van der Waals surface area contributed by atoms with Crippen molar-refractivity contribution >= 4 is 39.6 Å². The van der Waals surface area contributed by atoms with E-state index in [2.05, 4.69) is 24.1 Å². The lowest BCUT2D eigenvalue weighted by atomic mass is 10.0. The van der Waals surface area contributed by atoms with Crippen molar-refractivity contribution in [3.8, 4) is 27.4 Å². The fraction of sp³-hybridized carbons (Fsp3) is 0.296. The Morgan fingerprint density at radius 3 is 2.56 bits per heavy atom. The number of anilines is 2. The molecule has 0 fully saturated rings. The van der Waals surface area contributed by atoms with Gasteiger partial charge in [0.05, 0.1) is 5.69 Å². The van der Waals surface area contributed by atoms with E-state index in [0.717, 1.165) is 33.0 Å². The molecule has 0 bridgehead atoms. The molecule has 2 N–H and O–H groups in total.